The van der Waals surface area contributed by atoms with E-state index in [0.29, 0.717) is 19.5 Å². The number of amides is 2. The van der Waals surface area contributed by atoms with Gasteiger partial charge in [0.1, 0.15) is 0 Å². The Morgan fingerprint density at radius 2 is 1.95 bits per heavy atom. The highest BCUT2D eigenvalue weighted by atomic mass is 32.2. The van der Waals surface area contributed by atoms with Gasteiger partial charge >= 0.3 is 12.0 Å². The summed E-state index contributed by atoms with van der Waals surface area (Å²) in [6, 6.07) is -0.273. The molecule has 0 aliphatic heterocycles. The summed E-state index contributed by atoms with van der Waals surface area (Å²) >= 11 is 0. The SMILES string of the molecule is CCN(CC(C)C(=O)O)C(=O)NCCC(C)S(C)=O. The van der Waals surface area contributed by atoms with Crippen molar-refractivity contribution in [2.24, 2.45) is 5.92 Å². The normalized spacial score (nSPS) is 15.4. The minimum absolute atomic E-state index is 0.0355. The maximum absolute atomic E-state index is 11.8. The van der Waals surface area contributed by atoms with Gasteiger partial charge in [0, 0.05) is 41.9 Å². The van der Waals surface area contributed by atoms with Crippen LogP contribution in [-0.4, -0.2) is 57.4 Å². The number of carbonyl (C=O) groups is 2. The summed E-state index contributed by atoms with van der Waals surface area (Å²) in [5.41, 5.74) is 0. The molecule has 7 heteroatoms. The molecule has 0 saturated heterocycles. The predicted molar refractivity (Wildman–Crippen MR) is 75.6 cm³/mol. The zero-order valence-corrected chi connectivity index (χ0v) is 12.8. The Labute approximate surface area is 117 Å². The smallest absolute Gasteiger partial charge is 0.317 e. The third-order valence-electron chi connectivity index (χ3n) is 2.98. The quantitative estimate of drug-likeness (QED) is 0.696. The highest BCUT2D eigenvalue weighted by Gasteiger charge is 2.19. The van der Waals surface area contributed by atoms with Gasteiger partial charge in [-0.15, -0.1) is 0 Å². The Morgan fingerprint density at radius 3 is 2.37 bits per heavy atom. The van der Waals surface area contributed by atoms with Crippen LogP contribution in [-0.2, 0) is 15.6 Å². The summed E-state index contributed by atoms with van der Waals surface area (Å²) in [5, 5.41) is 11.6. The van der Waals surface area contributed by atoms with Crippen LogP contribution < -0.4 is 5.32 Å². The lowest BCUT2D eigenvalue weighted by Crippen LogP contribution is -2.43. The Bertz CT molecular complexity index is 336. The van der Waals surface area contributed by atoms with Crippen LogP contribution in [0.2, 0.25) is 0 Å². The molecular weight excluding hydrogens is 268 g/mol. The Morgan fingerprint density at radius 1 is 1.37 bits per heavy atom. The van der Waals surface area contributed by atoms with Crippen molar-refractivity contribution < 1.29 is 18.9 Å². The van der Waals surface area contributed by atoms with Gasteiger partial charge in [0.05, 0.1) is 5.92 Å². The number of urea groups is 1. The van der Waals surface area contributed by atoms with Crippen LogP contribution in [0.15, 0.2) is 0 Å². The number of nitrogens with one attached hydrogen (secondary N) is 1. The number of rotatable bonds is 8. The van der Waals surface area contributed by atoms with E-state index in [1.165, 1.54) is 4.90 Å². The maximum atomic E-state index is 11.8. The average Bonchev–Trinajstić information content (AvgIpc) is 2.34. The number of carboxylic acid groups (broad SMARTS) is 1. The minimum Gasteiger partial charge on any atom is -0.481 e. The molecule has 0 radical (unpaired) electrons. The second kappa shape index (κ2) is 8.90. The number of carboxylic acids is 1. The molecule has 0 rings (SSSR count). The molecule has 6 nitrogen and oxygen atoms in total. The lowest BCUT2D eigenvalue weighted by Gasteiger charge is -2.23. The van der Waals surface area contributed by atoms with Crippen molar-refractivity contribution in [3.05, 3.63) is 0 Å². The fourth-order valence-electron chi connectivity index (χ4n) is 1.42. The first-order valence-electron chi connectivity index (χ1n) is 6.37. The molecule has 3 atom stereocenters. The molecular formula is C12H24N2O4S. The molecule has 2 N–H and O–H groups in total. The van der Waals surface area contributed by atoms with E-state index >= 15 is 0 Å². The third kappa shape index (κ3) is 7.15. The Kier molecular flexibility index (Phi) is 8.38. The molecule has 0 aromatic rings. The largest absolute Gasteiger partial charge is 0.481 e. The Hall–Kier alpha value is -1.11. The lowest BCUT2D eigenvalue weighted by atomic mass is 10.2. The lowest BCUT2D eigenvalue weighted by molar-refractivity contribution is -0.141. The molecule has 0 aliphatic rings. The average molecular weight is 292 g/mol. The van der Waals surface area contributed by atoms with Gasteiger partial charge in [-0.05, 0) is 13.3 Å². The maximum Gasteiger partial charge on any atom is 0.317 e. The van der Waals surface area contributed by atoms with E-state index in [9.17, 15) is 13.8 Å². The molecule has 112 valence electrons. The van der Waals surface area contributed by atoms with Crippen LogP contribution >= 0.6 is 0 Å². The van der Waals surface area contributed by atoms with Crippen LogP contribution in [0.4, 0.5) is 4.79 Å². The number of carbonyl (C=O) groups excluding carboxylic acids is 1. The number of hydrogen-bond acceptors (Lipinski definition) is 3. The standard InChI is InChI=1S/C12H24N2O4S/c1-5-14(8-9(2)11(15)16)12(17)13-7-6-10(3)19(4)18/h9-10H,5-8H2,1-4H3,(H,13,17)(H,15,16). The molecule has 2 amide bonds. The van der Waals surface area contributed by atoms with E-state index in [4.69, 9.17) is 5.11 Å². The minimum atomic E-state index is -0.916. The van der Waals surface area contributed by atoms with Gasteiger partial charge in [0.2, 0.25) is 0 Å². The fraction of sp³-hybridized carbons (Fsp3) is 0.833. The first kappa shape index (κ1) is 17.9. The van der Waals surface area contributed by atoms with E-state index in [1.54, 1.807) is 20.1 Å². The summed E-state index contributed by atoms with van der Waals surface area (Å²) in [5.74, 6) is -1.51. The first-order chi connectivity index (χ1) is 8.79. The topological polar surface area (TPSA) is 86.7 Å². The number of nitrogens with zero attached hydrogens (tertiary/aromatic N) is 1. The molecule has 0 heterocycles. The van der Waals surface area contributed by atoms with Crippen molar-refractivity contribution in [3.63, 3.8) is 0 Å². The van der Waals surface area contributed by atoms with Gasteiger partial charge < -0.3 is 15.3 Å². The zero-order chi connectivity index (χ0) is 15.0. The summed E-state index contributed by atoms with van der Waals surface area (Å²) in [4.78, 5) is 24.1. The molecule has 0 aliphatic carbocycles. The highest BCUT2D eigenvalue weighted by Crippen LogP contribution is 2.02. The first-order valence-corrected chi connectivity index (χ1v) is 7.99. The van der Waals surface area contributed by atoms with Gasteiger partial charge in [0.25, 0.3) is 0 Å². The van der Waals surface area contributed by atoms with Crippen molar-refractivity contribution in [1.29, 1.82) is 0 Å². The van der Waals surface area contributed by atoms with Crippen molar-refractivity contribution in [1.82, 2.24) is 10.2 Å². The van der Waals surface area contributed by atoms with Crippen LogP contribution in [0.5, 0.6) is 0 Å². The van der Waals surface area contributed by atoms with Crippen molar-refractivity contribution in [2.75, 3.05) is 25.9 Å². The van der Waals surface area contributed by atoms with Crippen LogP contribution in [0.25, 0.3) is 0 Å². The molecule has 19 heavy (non-hydrogen) atoms. The van der Waals surface area contributed by atoms with E-state index in [-0.39, 0.29) is 17.8 Å². The van der Waals surface area contributed by atoms with Gasteiger partial charge in [-0.1, -0.05) is 13.8 Å². The fourth-order valence-corrected chi connectivity index (χ4v) is 1.87. The molecule has 0 spiro atoms. The summed E-state index contributed by atoms with van der Waals surface area (Å²) in [7, 11) is -0.895. The van der Waals surface area contributed by atoms with Crippen molar-refractivity contribution in [2.45, 2.75) is 32.4 Å². The van der Waals surface area contributed by atoms with Crippen LogP contribution in [0.3, 0.4) is 0 Å². The predicted octanol–water partition coefficient (Wildman–Crippen LogP) is 0.896. The van der Waals surface area contributed by atoms with Crippen molar-refractivity contribution >= 4 is 22.8 Å². The molecule has 3 unspecified atom stereocenters. The monoisotopic (exact) mass is 292 g/mol. The zero-order valence-electron chi connectivity index (χ0n) is 12.0. The molecule has 0 aromatic carbocycles. The van der Waals surface area contributed by atoms with E-state index < -0.39 is 22.7 Å². The van der Waals surface area contributed by atoms with Gasteiger partial charge in [-0.3, -0.25) is 9.00 Å². The Balaban J connectivity index is 4.15. The third-order valence-corrected chi connectivity index (χ3v) is 4.35. The van der Waals surface area contributed by atoms with Gasteiger partial charge in [0.15, 0.2) is 0 Å². The van der Waals surface area contributed by atoms with E-state index in [1.807, 2.05) is 6.92 Å². The van der Waals surface area contributed by atoms with Gasteiger partial charge in [-0.25, -0.2) is 4.79 Å². The molecule has 0 aromatic heterocycles. The number of aliphatic carboxylic acids is 1. The van der Waals surface area contributed by atoms with Gasteiger partial charge in [-0.2, -0.15) is 0 Å². The molecule has 0 bridgehead atoms. The van der Waals surface area contributed by atoms with Crippen LogP contribution in [0.1, 0.15) is 27.2 Å². The molecule has 0 saturated carbocycles. The summed E-state index contributed by atoms with van der Waals surface area (Å²) in [6.45, 7) is 6.33. The van der Waals surface area contributed by atoms with Crippen molar-refractivity contribution in [3.8, 4) is 0 Å². The summed E-state index contributed by atoms with van der Waals surface area (Å²) in [6.07, 6.45) is 2.28. The highest BCUT2D eigenvalue weighted by molar-refractivity contribution is 7.84. The molecule has 0 fully saturated rings. The second-order valence-corrected chi connectivity index (χ2v) is 6.41. The number of hydrogen-bond donors (Lipinski definition) is 2. The van der Waals surface area contributed by atoms with E-state index in [2.05, 4.69) is 5.32 Å². The van der Waals surface area contributed by atoms with E-state index in [0.717, 1.165) is 0 Å². The van der Waals surface area contributed by atoms with Crippen LogP contribution in [0, 0.1) is 5.92 Å². The second-order valence-electron chi connectivity index (χ2n) is 4.61. The summed E-state index contributed by atoms with van der Waals surface area (Å²) < 4.78 is 11.2.